The van der Waals surface area contributed by atoms with E-state index in [1.165, 1.54) is 37.4 Å². The molecule has 1 aliphatic heterocycles. The first-order valence-electron chi connectivity index (χ1n) is 12.6. The minimum Gasteiger partial charge on any atom is -1.00 e. The molecule has 33 heavy (non-hydrogen) atoms. The predicted octanol–water partition coefficient (Wildman–Crippen LogP) is 2.84. The van der Waals surface area contributed by atoms with E-state index in [9.17, 15) is 4.79 Å². The molecule has 0 spiro atoms. The Kier molecular flexibility index (Phi) is 12.1. The van der Waals surface area contributed by atoms with E-state index >= 15 is 0 Å². The van der Waals surface area contributed by atoms with Crippen LogP contribution in [0.3, 0.4) is 0 Å². The fraction of sp³-hybridized carbons (Fsp3) is 0.800. The molecule has 1 aliphatic carbocycles. The lowest BCUT2D eigenvalue weighted by Crippen LogP contribution is -3.00. The highest BCUT2D eigenvalue weighted by Crippen LogP contribution is 2.34. The van der Waals surface area contributed by atoms with E-state index in [0.29, 0.717) is 17.0 Å². The molecule has 0 N–H and O–H groups in total. The number of unbranched alkanes of at least 4 members (excludes halogenated alkanes) is 3. The second-order valence-corrected chi connectivity index (χ2v) is 10.6. The lowest BCUT2D eigenvalue weighted by molar-refractivity contribution is -0.950. The van der Waals surface area contributed by atoms with Gasteiger partial charge in [0.15, 0.2) is 0 Å². The van der Waals surface area contributed by atoms with Crippen molar-refractivity contribution < 1.29 is 42.7 Å². The molecule has 8 heteroatoms. The molecule has 2 heterocycles. The largest absolute Gasteiger partial charge is 1.00 e. The second-order valence-electron chi connectivity index (χ2n) is 10.1. The lowest BCUT2D eigenvalue weighted by atomic mass is 9.89. The zero-order chi connectivity index (χ0) is 23.0. The summed E-state index contributed by atoms with van der Waals surface area (Å²) < 4.78 is 21.9. The van der Waals surface area contributed by atoms with Crippen molar-refractivity contribution in [1.29, 1.82) is 0 Å². The third kappa shape index (κ3) is 7.88. The summed E-state index contributed by atoms with van der Waals surface area (Å²) in [7, 11) is 2.22. The Hall–Kier alpha value is -0.740. The van der Waals surface area contributed by atoms with Crippen LogP contribution in [0.4, 0.5) is 0 Å². The van der Waals surface area contributed by atoms with Crippen molar-refractivity contribution in [3.63, 3.8) is 0 Å². The number of hydrogen-bond acceptors (Lipinski definition) is 6. The van der Waals surface area contributed by atoms with Crippen LogP contribution in [0.15, 0.2) is 6.08 Å². The van der Waals surface area contributed by atoms with Crippen LogP contribution in [0.5, 0.6) is 5.88 Å². The van der Waals surface area contributed by atoms with E-state index in [-0.39, 0.29) is 48.0 Å². The maximum Gasteiger partial charge on any atom is 0.313 e. The molecule has 188 valence electrons. The van der Waals surface area contributed by atoms with Gasteiger partial charge >= 0.3 is 5.97 Å². The van der Waals surface area contributed by atoms with Crippen LogP contribution in [0, 0.1) is 11.8 Å². The molecule has 2 aliphatic rings. The zero-order valence-electron chi connectivity index (χ0n) is 20.9. The Balaban J connectivity index is 0.00000385. The molecule has 2 unspecified atom stereocenters. The first-order chi connectivity index (χ1) is 15.4. The predicted molar refractivity (Wildman–Crippen MR) is 129 cm³/mol. The molecule has 0 aromatic carbocycles. The number of carbonyl (C=O) groups excluding carboxylic acids is 1. The highest BCUT2D eigenvalue weighted by Gasteiger charge is 2.42. The minimum atomic E-state index is -0.155. The highest BCUT2D eigenvalue weighted by molar-refractivity contribution is 6.99. The molecule has 1 fully saturated rings. The van der Waals surface area contributed by atoms with Crippen molar-refractivity contribution in [3.05, 3.63) is 11.8 Å². The Morgan fingerprint density at radius 2 is 1.94 bits per heavy atom. The van der Waals surface area contributed by atoms with Crippen molar-refractivity contribution >= 4 is 23.3 Å². The van der Waals surface area contributed by atoms with Gasteiger partial charge in [0.2, 0.25) is 6.23 Å². The van der Waals surface area contributed by atoms with Crippen LogP contribution in [0.25, 0.3) is 5.57 Å². The highest BCUT2D eigenvalue weighted by atomic mass is 127. The molecule has 0 amide bonds. The summed E-state index contributed by atoms with van der Waals surface area (Å²) in [6.45, 7) is 8.95. The maximum absolute atomic E-state index is 13.0. The Morgan fingerprint density at radius 1 is 1.18 bits per heavy atom. The van der Waals surface area contributed by atoms with E-state index < -0.39 is 0 Å². The smallest absolute Gasteiger partial charge is 0.313 e. The number of likely N-dealkylation sites (N-methyl/N-ethyl adjacent to an activating group) is 1. The number of ether oxygens (including phenoxy) is 2. The van der Waals surface area contributed by atoms with E-state index in [1.807, 2.05) is 0 Å². The van der Waals surface area contributed by atoms with E-state index in [0.717, 1.165) is 62.9 Å². The van der Waals surface area contributed by atoms with Crippen LogP contribution >= 0.6 is 11.7 Å². The maximum atomic E-state index is 13.0. The molecule has 0 bridgehead atoms. The standard InChI is InChI=1S/C25H42N3O3S.HI/c1-5-6-7-11-17-30-23-22(26-32-27-23)21-15-12-16-28(4,18-21)24(19(2)3)31-25(29)20-13-9-8-10-14-20;/h15,19-20,24H,5-14,16-18H2,1-4H3;1H/q+1;/p-1. The van der Waals surface area contributed by atoms with Gasteiger partial charge in [-0.2, -0.15) is 4.37 Å². The summed E-state index contributed by atoms with van der Waals surface area (Å²) in [4.78, 5) is 13.0. The lowest BCUT2D eigenvalue weighted by Gasteiger charge is -2.44. The first kappa shape index (κ1) is 28.5. The molecule has 0 saturated heterocycles. The molecule has 1 aromatic rings. The average molecular weight is 592 g/mol. The van der Waals surface area contributed by atoms with Crippen LogP contribution in [0.2, 0.25) is 0 Å². The van der Waals surface area contributed by atoms with E-state index in [2.05, 4.69) is 42.6 Å². The summed E-state index contributed by atoms with van der Waals surface area (Å²) in [5, 5.41) is 0. The van der Waals surface area contributed by atoms with Crippen molar-refractivity contribution in [2.75, 3.05) is 26.7 Å². The molecule has 1 aromatic heterocycles. The number of hydrogen-bond donors (Lipinski definition) is 0. The van der Waals surface area contributed by atoms with Gasteiger partial charge in [-0.15, -0.1) is 4.37 Å². The number of aromatic nitrogens is 2. The van der Waals surface area contributed by atoms with Crippen molar-refractivity contribution in [2.24, 2.45) is 11.8 Å². The quantitative estimate of drug-likeness (QED) is 0.172. The number of quaternary nitrogens is 1. The zero-order valence-corrected chi connectivity index (χ0v) is 23.8. The van der Waals surface area contributed by atoms with Gasteiger partial charge in [0.05, 0.1) is 37.8 Å². The normalized spacial score (nSPS) is 22.4. The van der Waals surface area contributed by atoms with E-state index in [1.54, 1.807) is 0 Å². The van der Waals surface area contributed by atoms with Gasteiger partial charge in [-0.1, -0.05) is 65.4 Å². The number of carbonyl (C=O) groups is 1. The fourth-order valence-electron chi connectivity index (χ4n) is 5.16. The number of nitrogens with zero attached hydrogens (tertiary/aromatic N) is 3. The van der Waals surface area contributed by atoms with E-state index in [4.69, 9.17) is 9.47 Å². The van der Waals surface area contributed by atoms with Gasteiger partial charge in [0.25, 0.3) is 5.88 Å². The van der Waals surface area contributed by atoms with Crippen LogP contribution in [0.1, 0.15) is 90.7 Å². The molecule has 6 nitrogen and oxygen atoms in total. The van der Waals surface area contributed by atoms with Crippen molar-refractivity contribution in [3.8, 4) is 5.88 Å². The van der Waals surface area contributed by atoms with Gasteiger partial charge in [-0.3, -0.25) is 9.28 Å². The average Bonchev–Trinajstić information content (AvgIpc) is 3.26. The number of halogens is 1. The minimum absolute atomic E-state index is 0. The summed E-state index contributed by atoms with van der Waals surface area (Å²) >= 11 is 1.21. The molecule has 3 rings (SSSR count). The summed E-state index contributed by atoms with van der Waals surface area (Å²) in [5.41, 5.74) is 2.03. The third-order valence-electron chi connectivity index (χ3n) is 6.92. The number of rotatable bonds is 11. The Labute approximate surface area is 221 Å². The van der Waals surface area contributed by atoms with Crippen LogP contribution < -0.4 is 28.7 Å². The van der Waals surface area contributed by atoms with Crippen molar-refractivity contribution in [1.82, 2.24) is 8.75 Å². The summed E-state index contributed by atoms with van der Waals surface area (Å²) in [6, 6.07) is 0. The topological polar surface area (TPSA) is 61.3 Å². The number of esters is 1. The van der Waals surface area contributed by atoms with Gasteiger partial charge < -0.3 is 33.5 Å². The first-order valence-corrected chi connectivity index (χ1v) is 13.4. The molecule has 0 radical (unpaired) electrons. The molecule has 1 saturated carbocycles. The summed E-state index contributed by atoms with van der Waals surface area (Å²) in [6.07, 6.45) is 13.2. The van der Waals surface area contributed by atoms with Gasteiger partial charge in [-0.05, 0) is 19.3 Å². The third-order valence-corrected chi connectivity index (χ3v) is 7.43. The monoisotopic (exact) mass is 591 g/mol. The Bertz CT molecular complexity index is 764. The molecule has 2 atom stereocenters. The van der Waals surface area contributed by atoms with Gasteiger partial charge in [0.1, 0.15) is 12.2 Å². The second kappa shape index (κ2) is 14.0. The fourth-order valence-corrected chi connectivity index (χ4v) is 5.69. The van der Waals surface area contributed by atoms with Gasteiger partial charge in [0, 0.05) is 17.9 Å². The van der Waals surface area contributed by atoms with Crippen molar-refractivity contribution in [2.45, 2.75) is 91.2 Å². The summed E-state index contributed by atoms with van der Waals surface area (Å²) in [5.74, 6) is 0.985. The molecular weight excluding hydrogens is 549 g/mol. The SMILES string of the molecule is CCCCCCOc1nsnc1C1=CCC[N+](C)(C(OC(=O)C2CCCCC2)C(C)C)C1.[I-]. The van der Waals surface area contributed by atoms with Crippen LogP contribution in [-0.4, -0.2) is 52.2 Å². The molecular formula is C25H42IN3O3S. The Morgan fingerprint density at radius 3 is 2.64 bits per heavy atom. The van der Waals surface area contributed by atoms with Crippen LogP contribution in [-0.2, 0) is 9.53 Å². The van der Waals surface area contributed by atoms with Gasteiger partial charge in [-0.25, -0.2) is 0 Å².